The molecule has 0 fully saturated rings. The molecule has 0 radical (unpaired) electrons. The van der Waals surface area contributed by atoms with E-state index in [0.717, 1.165) is 5.56 Å². The monoisotopic (exact) mass is 315 g/mol. The molecule has 0 aliphatic heterocycles. The van der Waals surface area contributed by atoms with Crippen LogP contribution in [0.3, 0.4) is 0 Å². The number of nitrogens with two attached hydrogens (primary N) is 1. The number of rotatable bonds is 3. The lowest BCUT2D eigenvalue weighted by Gasteiger charge is -2.05. The van der Waals surface area contributed by atoms with E-state index in [1.54, 1.807) is 17.7 Å². The third kappa shape index (κ3) is 2.74. The molecule has 0 amide bonds. The molecule has 3 aromatic rings. The molecular weight excluding hydrogens is 302 g/mol. The van der Waals surface area contributed by atoms with Crippen LogP contribution in [-0.4, -0.2) is 28.2 Å². The Morgan fingerprint density at radius 1 is 1.09 bits per heavy atom. The molecule has 112 valence electrons. The molecule has 0 aliphatic rings. The van der Waals surface area contributed by atoms with Crippen LogP contribution in [0, 0.1) is 6.92 Å². The van der Waals surface area contributed by atoms with Gasteiger partial charge in [0.1, 0.15) is 10.7 Å². The zero-order valence-electron chi connectivity index (χ0n) is 11.7. The second kappa shape index (κ2) is 5.32. The summed E-state index contributed by atoms with van der Waals surface area (Å²) in [5.74, 6) is 1.69. The standard InChI is InChI=1S/C14H13N5O2S/c1-10-17-14(11-5-3-2-4-6-11)19(18-10)13-8-7-12(9-16-13)22(15,20)21/h2-9H,1H3,(H2,15,20,21). The normalized spacial score (nSPS) is 11.5. The van der Waals surface area contributed by atoms with E-state index in [2.05, 4.69) is 15.1 Å². The lowest BCUT2D eigenvalue weighted by Crippen LogP contribution is -2.13. The van der Waals surface area contributed by atoms with Crippen molar-refractivity contribution < 1.29 is 8.42 Å². The van der Waals surface area contributed by atoms with Gasteiger partial charge in [0, 0.05) is 11.8 Å². The van der Waals surface area contributed by atoms with Gasteiger partial charge in [-0.25, -0.2) is 23.5 Å². The Labute approximate surface area is 127 Å². The lowest BCUT2D eigenvalue weighted by atomic mass is 10.2. The second-order valence-electron chi connectivity index (χ2n) is 4.66. The molecule has 0 atom stereocenters. The average molecular weight is 315 g/mol. The van der Waals surface area contributed by atoms with Crippen LogP contribution >= 0.6 is 0 Å². The summed E-state index contributed by atoms with van der Waals surface area (Å²) in [6.45, 7) is 1.78. The topological polar surface area (TPSA) is 104 Å². The fourth-order valence-electron chi connectivity index (χ4n) is 2.01. The van der Waals surface area contributed by atoms with Crippen LogP contribution < -0.4 is 5.14 Å². The van der Waals surface area contributed by atoms with E-state index < -0.39 is 10.0 Å². The van der Waals surface area contributed by atoms with Gasteiger partial charge in [0.05, 0.1) is 0 Å². The molecule has 22 heavy (non-hydrogen) atoms. The van der Waals surface area contributed by atoms with Crippen molar-refractivity contribution in [2.24, 2.45) is 5.14 Å². The highest BCUT2D eigenvalue weighted by molar-refractivity contribution is 7.89. The second-order valence-corrected chi connectivity index (χ2v) is 6.22. The first-order valence-corrected chi connectivity index (χ1v) is 7.98. The first-order chi connectivity index (χ1) is 10.4. The zero-order chi connectivity index (χ0) is 15.7. The van der Waals surface area contributed by atoms with Crippen molar-refractivity contribution in [2.75, 3.05) is 0 Å². The average Bonchev–Trinajstić information content (AvgIpc) is 2.89. The number of nitrogens with zero attached hydrogens (tertiary/aromatic N) is 4. The van der Waals surface area contributed by atoms with Crippen molar-refractivity contribution in [1.29, 1.82) is 0 Å². The molecule has 0 bridgehead atoms. The summed E-state index contributed by atoms with van der Waals surface area (Å²) >= 11 is 0. The van der Waals surface area contributed by atoms with E-state index in [1.807, 2.05) is 30.3 Å². The van der Waals surface area contributed by atoms with E-state index in [-0.39, 0.29) is 4.90 Å². The zero-order valence-corrected chi connectivity index (χ0v) is 12.5. The van der Waals surface area contributed by atoms with Gasteiger partial charge in [-0.3, -0.25) is 0 Å². The van der Waals surface area contributed by atoms with E-state index in [0.29, 0.717) is 17.5 Å². The van der Waals surface area contributed by atoms with Crippen molar-refractivity contribution in [3.63, 3.8) is 0 Å². The lowest BCUT2D eigenvalue weighted by molar-refractivity contribution is 0.597. The maximum Gasteiger partial charge on any atom is 0.239 e. The molecule has 0 aliphatic carbocycles. The Balaban J connectivity index is 2.10. The Bertz CT molecular complexity index is 902. The Hall–Kier alpha value is -2.58. The van der Waals surface area contributed by atoms with Gasteiger partial charge in [-0.1, -0.05) is 30.3 Å². The van der Waals surface area contributed by atoms with Crippen LogP contribution in [0.25, 0.3) is 17.2 Å². The van der Waals surface area contributed by atoms with Crippen LogP contribution in [-0.2, 0) is 10.0 Å². The number of benzene rings is 1. The van der Waals surface area contributed by atoms with Gasteiger partial charge in [-0.2, -0.15) is 4.68 Å². The summed E-state index contributed by atoms with van der Waals surface area (Å²) in [6, 6.07) is 12.5. The van der Waals surface area contributed by atoms with Crippen molar-refractivity contribution >= 4 is 10.0 Å². The third-order valence-corrected chi connectivity index (χ3v) is 3.91. The molecule has 0 spiro atoms. The first kappa shape index (κ1) is 14.4. The summed E-state index contributed by atoms with van der Waals surface area (Å²) in [5.41, 5.74) is 0.889. The van der Waals surface area contributed by atoms with Gasteiger partial charge in [-0.15, -0.1) is 5.10 Å². The number of hydrogen-bond acceptors (Lipinski definition) is 5. The van der Waals surface area contributed by atoms with Gasteiger partial charge in [0.2, 0.25) is 10.0 Å². The van der Waals surface area contributed by atoms with Crippen molar-refractivity contribution in [3.8, 4) is 17.2 Å². The minimum absolute atomic E-state index is 0.0469. The molecule has 8 heteroatoms. The fourth-order valence-corrected chi connectivity index (χ4v) is 2.47. The Morgan fingerprint density at radius 3 is 2.41 bits per heavy atom. The van der Waals surface area contributed by atoms with E-state index in [1.165, 1.54) is 12.3 Å². The number of hydrogen-bond donors (Lipinski definition) is 1. The predicted octanol–water partition coefficient (Wildman–Crippen LogP) is 1.29. The van der Waals surface area contributed by atoms with Gasteiger partial charge >= 0.3 is 0 Å². The highest BCUT2D eigenvalue weighted by Crippen LogP contribution is 2.20. The van der Waals surface area contributed by atoms with Crippen molar-refractivity contribution in [3.05, 3.63) is 54.5 Å². The number of aromatic nitrogens is 4. The minimum Gasteiger partial charge on any atom is -0.236 e. The summed E-state index contributed by atoms with van der Waals surface area (Å²) < 4.78 is 24.1. The summed E-state index contributed by atoms with van der Waals surface area (Å²) in [5, 5.41) is 9.38. The van der Waals surface area contributed by atoms with Gasteiger partial charge in [-0.05, 0) is 19.1 Å². The molecule has 0 saturated carbocycles. The molecule has 3 rings (SSSR count). The number of pyridine rings is 1. The van der Waals surface area contributed by atoms with Gasteiger partial charge in [0.25, 0.3) is 0 Å². The molecule has 2 N–H and O–H groups in total. The molecule has 7 nitrogen and oxygen atoms in total. The summed E-state index contributed by atoms with van der Waals surface area (Å²) in [6.07, 6.45) is 1.20. The minimum atomic E-state index is -3.77. The molecule has 1 aromatic carbocycles. The predicted molar refractivity (Wildman–Crippen MR) is 80.7 cm³/mol. The van der Waals surface area contributed by atoms with Crippen molar-refractivity contribution in [2.45, 2.75) is 11.8 Å². The molecule has 2 heterocycles. The number of sulfonamides is 1. The van der Waals surface area contributed by atoms with Crippen LogP contribution in [0.1, 0.15) is 5.82 Å². The summed E-state index contributed by atoms with van der Waals surface area (Å²) in [7, 11) is -3.77. The highest BCUT2D eigenvalue weighted by Gasteiger charge is 2.14. The fraction of sp³-hybridized carbons (Fsp3) is 0.0714. The molecule has 0 unspecified atom stereocenters. The Morgan fingerprint density at radius 2 is 1.82 bits per heavy atom. The Kier molecular flexibility index (Phi) is 3.47. The SMILES string of the molecule is Cc1nc(-c2ccccc2)n(-c2ccc(S(N)(=O)=O)cn2)n1. The van der Waals surface area contributed by atoms with Crippen LogP contribution in [0.15, 0.2) is 53.6 Å². The molecular formula is C14H13N5O2S. The van der Waals surface area contributed by atoms with Crippen LogP contribution in [0.5, 0.6) is 0 Å². The van der Waals surface area contributed by atoms with E-state index in [4.69, 9.17) is 5.14 Å². The number of aryl methyl sites for hydroxylation is 1. The first-order valence-electron chi connectivity index (χ1n) is 6.43. The van der Waals surface area contributed by atoms with E-state index >= 15 is 0 Å². The van der Waals surface area contributed by atoms with Crippen LogP contribution in [0.2, 0.25) is 0 Å². The van der Waals surface area contributed by atoms with Crippen molar-refractivity contribution in [1.82, 2.24) is 19.7 Å². The number of primary sulfonamides is 1. The molecule has 0 saturated heterocycles. The molecule has 2 aromatic heterocycles. The van der Waals surface area contributed by atoms with Gasteiger partial charge in [0.15, 0.2) is 11.6 Å². The summed E-state index contributed by atoms with van der Waals surface area (Å²) in [4.78, 5) is 8.47. The maximum atomic E-state index is 11.3. The maximum absolute atomic E-state index is 11.3. The quantitative estimate of drug-likeness (QED) is 0.784. The van der Waals surface area contributed by atoms with Crippen LogP contribution in [0.4, 0.5) is 0 Å². The largest absolute Gasteiger partial charge is 0.239 e. The third-order valence-electron chi connectivity index (χ3n) is 3.01. The smallest absolute Gasteiger partial charge is 0.236 e. The van der Waals surface area contributed by atoms with Gasteiger partial charge < -0.3 is 0 Å². The highest BCUT2D eigenvalue weighted by atomic mass is 32.2. The van der Waals surface area contributed by atoms with E-state index in [9.17, 15) is 8.42 Å².